The predicted molar refractivity (Wildman–Crippen MR) is 73.1 cm³/mol. The number of amides is 1. The van der Waals surface area contributed by atoms with Gasteiger partial charge in [0.05, 0.1) is 10.5 Å². The average Bonchev–Trinajstić information content (AvgIpc) is 2.82. The molecule has 18 heavy (non-hydrogen) atoms. The molecule has 0 aliphatic heterocycles. The number of hydrogen-bond acceptors (Lipinski definition) is 4. The maximum Gasteiger partial charge on any atom is 0.261 e. The number of nitrogens with one attached hydrogen (secondary N) is 1. The van der Waals surface area contributed by atoms with Crippen LogP contribution < -0.4 is 5.32 Å². The van der Waals surface area contributed by atoms with Crippen molar-refractivity contribution < 1.29 is 14.6 Å². The summed E-state index contributed by atoms with van der Waals surface area (Å²) in [7, 11) is 1.59. The minimum atomic E-state index is -0.935. The molecule has 0 fully saturated rings. The molecule has 1 aromatic rings. The Labute approximate surface area is 112 Å². The largest absolute Gasteiger partial charge is 0.388 e. The SMILES string of the molecule is CCc1ccsc1C(=O)NCC(C)(O)CCOC. The smallest absolute Gasteiger partial charge is 0.261 e. The predicted octanol–water partition coefficient (Wildman–Crippen LogP) is 1.83. The lowest BCUT2D eigenvalue weighted by atomic mass is 10.0. The lowest BCUT2D eigenvalue weighted by Gasteiger charge is -2.23. The second kappa shape index (κ2) is 6.87. The van der Waals surface area contributed by atoms with Gasteiger partial charge in [-0.25, -0.2) is 0 Å². The number of ether oxygens (including phenoxy) is 1. The molecule has 0 spiro atoms. The van der Waals surface area contributed by atoms with Gasteiger partial charge in [-0.15, -0.1) is 11.3 Å². The van der Waals surface area contributed by atoms with E-state index in [1.54, 1.807) is 14.0 Å². The van der Waals surface area contributed by atoms with Gasteiger partial charge in [0.15, 0.2) is 0 Å². The van der Waals surface area contributed by atoms with Gasteiger partial charge >= 0.3 is 0 Å². The molecule has 1 aromatic heterocycles. The highest BCUT2D eigenvalue weighted by atomic mass is 32.1. The summed E-state index contributed by atoms with van der Waals surface area (Å²) < 4.78 is 4.92. The topological polar surface area (TPSA) is 58.6 Å². The molecule has 1 unspecified atom stereocenters. The van der Waals surface area contributed by atoms with E-state index in [-0.39, 0.29) is 12.5 Å². The second-order valence-electron chi connectivity index (χ2n) is 4.55. The molecule has 5 heteroatoms. The monoisotopic (exact) mass is 271 g/mol. The maximum atomic E-state index is 12.0. The van der Waals surface area contributed by atoms with E-state index in [0.717, 1.165) is 16.9 Å². The summed E-state index contributed by atoms with van der Waals surface area (Å²) in [5, 5.41) is 14.7. The van der Waals surface area contributed by atoms with E-state index in [1.165, 1.54) is 11.3 Å². The van der Waals surface area contributed by atoms with Crippen LogP contribution in [0.3, 0.4) is 0 Å². The van der Waals surface area contributed by atoms with Crippen LogP contribution >= 0.6 is 11.3 Å². The molecule has 0 radical (unpaired) electrons. The minimum Gasteiger partial charge on any atom is -0.388 e. The molecular weight excluding hydrogens is 250 g/mol. The van der Waals surface area contributed by atoms with Crippen molar-refractivity contribution in [3.05, 3.63) is 21.9 Å². The summed E-state index contributed by atoms with van der Waals surface area (Å²) in [6.45, 7) is 4.42. The standard InChI is InChI=1S/C13H21NO3S/c1-4-10-5-8-18-11(10)12(15)14-9-13(2,16)6-7-17-3/h5,8,16H,4,6-7,9H2,1-3H3,(H,14,15). The van der Waals surface area contributed by atoms with Crippen molar-refractivity contribution in [2.45, 2.75) is 32.3 Å². The van der Waals surface area contributed by atoms with Gasteiger partial charge in [0.25, 0.3) is 5.91 Å². The van der Waals surface area contributed by atoms with Crippen molar-refractivity contribution in [2.24, 2.45) is 0 Å². The van der Waals surface area contributed by atoms with Crippen LogP contribution in [0.2, 0.25) is 0 Å². The first-order valence-corrected chi connectivity index (χ1v) is 6.94. The molecule has 0 aromatic carbocycles. The molecule has 1 amide bonds. The summed E-state index contributed by atoms with van der Waals surface area (Å²) in [6.07, 6.45) is 1.33. The summed E-state index contributed by atoms with van der Waals surface area (Å²) >= 11 is 1.43. The summed E-state index contributed by atoms with van der Waals surface area (Å²) in [5.41, 5.74) is 0.115. The van der Waals surface area contributed by atoms with Gasteiger partial charge < -0.3 is 15.2 Å². The number of rotatable bonds is 7. The van der Waals surface area contributed by atoms with Crippen molar-refractivity contribution in [1.82, 2.24) is 5.32 Å². The van der Waals surface area contributed by atoms with Gasteiger partial charge in [-0.1, -0.05) is 6.92 Å². The number of aliphatic hydroxyl groups is 1. The molecule has 4 nitrogen and oxygen atoms in total. The third-order valence-electron chi connectivity index (χ3n) is 2.81. The first-order chi connectivity index (χ1) is 8.50. The Morgan fingerprint density at radius 3 is 2.94 bits per heavy atom. The Balaban J connectivity index is 2.51. The lowest BCUT2D eigenvalue weighted by molar-refractivity contribution is 0.0244. The van der Waals surface area contributed by atoms with Crippen molar-refractivity contribution in [1.29, 1.82) is 0 Å². The Bertz CT molecular complexity index is 387. The third kappa shape index (κ3) is 4.40. The van der Waals surface area contributed by atoms with E-state index in [2.05, 4.69) is 5.32 Å². The zero-order valence-electron chi connectivity index (χ0n) is 11.2. The van der Waals surface area contributed by atoms with Gasteiger partial charge in [0.2, 0.25) is 0 Å². The third-order valence-corrected chi connectivity index (χ3v) is 3.76. The Hall–Kier alpha value is -0.910. The molecule has 1 heterocycles. The van der Waals surface area contributed by atoms with Crippen LogP contribution in [0.4, 0.5) is 0 Å². The quantitative estimate of drug-likeness (QED) is 0.795. The van der Waals surface area contributed by atoms with Crippen molar-refractivity contribution in [2.75, 3.05) is 20.3 Å². The van der Waals surface area contributed by atoms with Crippen LogP contribution in [0, 0.1) is 0 Å². The number of methoxy groups -OCH3 is 1. The molecule has 1 rings (SSSR count). The fourth-order valence-electron chi connectivity index (χ4n) is 1.57. The van der Waals surface area contributed by atoms with Gasteiger partial charge in [-0.2, -0.15) is 0 Å². The fraction of sp³-hybridized carbons (Fsp3) is 0.615. The summed E-state index contributed by atoms with van der Waals surface area (Å²) in [5.74, 6) is -0.112. The highest BCUT2D eigenvalue weighted by Gasteiger charge is 2.22. The van der Waals surface area contributed by atoms with E-state index in [0.29, 0.717) is 13.0 Å². The van der Waals surface area contributed by atoms with E-state index in [1.807, 2.05) is 18.4 Å². The molecular formula is C13H21NO3S. The van der Waals surface area contributed by atoms with E-state index in [4.69, 9.17) is 4.74 Å². The average molecular weight is 271 g/mol. The normalized spacial score (nSPS) is 14.2. The number of thiophene rings is 1. The first kappa shape index (κ1) is 15.1. The maximum absolute atomic E-state index is 12.0. The van der Waals surface area contributed by atoms with Gasteiger partial charge in [-0.05, 0) is 30.4 Å². The minimum absolute atomic E-state index is 0.112. The molecule has 2 N–H and O–H groups in total. The van der Waals surface area contributed by atoms with Crippen LogP contribution in [0.1, 0.15) is 35.5 Å². The van der Waals surface area contributed by atoms with Gasteiger partial charge in [0.1, 0.15) is 0 Å². The molecule has 0 aliphatic rings. The Morgan fingerprint density at radius 1 is 1.61 bits per heavy atom. The van der Waals surface area contributed by atoms with E-state index < -0.39 is 5.60 Å². The highest BCUT2D eigenvalue weighted by molar-refractivity contribution is 7.12. The van der Waals surface area contributed by atoms with Gasteiger partial charge in [-0.3, -0.25) is 4.79 Å². The molecule has 0 aliphatic carbocycles. The molecule has 102 valence electrons. The van der Waals surface area contributed by atoms with E-state index in [9.17, 15) is 9.90 Å². The van der Waals surface area contributed by atoms with Crippen molar-refractivity contribution in [3.63, 3.8) is 0 Å². The van der Waals surface area contributed by atoms with Crippen LogP contribution in [-0.4, -0.2) is 36.9 Å². The first-order valence-electron chi connectivity index (χ1n) is 6.06. The number of carbonyl (C=O) groups excluding carboxylic acids is 1. The van der Waals surface area contributed by atoms with Crippen molar-refractivity contribution in [3.8, 4) is 0 Å². The molecule has 0 saturated heterocycles. The van der Waals surface area contributed by atoms with Crippen LogP contribution in [0.5, 0.6) is 0 Å². The summed E-state index contributed by atoms with van der Waals surface area (Å²) in [4.78, 5) is 12.7. The number of hydrogen-bond donors (Lipinski definition) is 2. The molecule has 0 bridgehead atoms. The zero-order chi connectivity index (χ0) is 13.6. The van der Waals surface area contributed by atoms with Crippen LogP contribution in [0.25, 0.3) is 0 Å². The molecule has 0 saturated carbocycles. The highest BCUT2D eigenvalue weighted by Crippen LogP contribution is 2.17. The Morgan fingerprint density at radius 2 is 2.33 bits per heavy atom. The number of aryl methyl sites for hydroxylation is 1. The summed E-state index contributed by atoms with van der Waals surface area (Å²) in [6, 6.07) is 1.96. The fourth-order valence-corrected chi connectivity index (χ4v) is 2.49. The lowest BCUT2D eigenvalue weighted by Crippen LogP contribution is -2.41. The number of carbonyl (C=O) groups is 1. The van der Waals surface area contributed by atoms with E-state index >= 15 is 0 Å². The second-order valence-corrected chi connectivity index (χ2v) is 5.47. The van der Waals surface area contributed by atoms with Gasteiger partial charge in [0, 0.05) is 26.7 Å². The van der Waals surface area contributed by atoms with Crippen molar-refractivity contribution >= 4 is 17.2 Å². The van der Waals surface area contributed by atoms with Crippen LogP contribution in [-0.2, 0) is 11.2 Å². The van der Waals surface area contributed by atoms with Crippen LogP contribution in [0.15, 0.2) is 11.4 Å². The molecule has 1 atom stereocenters. The Kier molecular flexibility index (Phi) is 5.78. The zero-order valence-corrected chi connectivity index (χ0v) is 12.0.